The number of hydrogen-bond donors (Lipinski definition) is 0. The highest BCUT2D eigenvalue weighted by Crippen LogP contribution is 2.41. The summed E-state index contributed by atoms with van der Waals surface area (Å²) in [6, 6.07) is 13.4. The third-order valence-electron chi connectivity index (χ3n) is 4.72. The van der Waals surface area contributed by atoms with Gasteiger partial charge in [-0.2, -0.15) is 0 Å². The lowest BCUT2D eigenvalue weighted by atomic mass is 9.76. The second-order valence-electron chi connectivity index (χ2n) is 6.10. The Labute approximate surface area is 128 Å². The van der Waals surface area contributed by atoms with Crippen molar-refractivity contribution in [2.75, 3.05) is 0 Å². The summed E-state index contributed by atoms with van der Waals surface area (Å²) in [7, 11) is 0. The minimum atomic E-state index is 0.535. The van der Waals surface area contributed by atoms with Crippen LogP contribution in [0.25, 0.3) is 16.8 Å². The van der Waals surface area contributed by atoms with Gasteiger partial charge in [0.15, 0.2) is 0 Å². The normalized spacial score (nSPS) is 17.9. The average molecular weight is 276 g/mol. The van der Waals surface area contributed by atoms with E-state index in [1.807, 2.05) is 0 Å². The van der Waals surface area contributed by atoms with Crippen molar-refractivity contribution in [2.45, 2.75) is 38.5 Å². The zero-order chi connectivity index (χ0) is 14.7. The standard InChI is InChI=1S/C21H24/c1-3-5-9-16(8-4-2)19-15-14-18-11-6-10-17-12-7-13-20(19)21(17)18/h4,6-7,10-16,19H,2-3,5,8-9H2,1H3. The molecule has 0 heteroatoms. The molecular weight excluding hydrogens is 252 g/mol. The Hall–Kier alpha value is -1.82. The molecule has 1 aliphatic rings. The van der Waals surface area contributed by atoms with Gasteiger partial charge in [0, 0.05) is 5.92 Å². The van der Waals surface area contributed by atoms with Crippen LogP contribution in [0.5, 0.6) is 0 Å². The molecule has 1 aliphatic carbocycles. The van der Waals surface area contributed by atoms with E-state index in [1.165, 1.54) is 41.2 Å². The van der Waals surface area contributed by atoms with Gasteiger partial charge in [0.05, 0.1) is 0 Å². The van der Waals surface area contributed by atoms with Crippen molar-refractivity contribution in [3.8, 4) is 0 Å². The van der Waals surface area contributed by atoms with Crippen molar-refractivity contribution in [1.82, 2.24) is 0 Å². The topological polar surface area (TPSA) is 0 Å². The van der Waals surface area contributed by atoms with E-state index < -0.39 is 0 Å². The number of rotatable bonds is 6. The quantitative estimate of drug-likeness (QED) is 0.540. The number of unbranched alkanes of at least 4 members (excludes halogenated alkanes) is 1. The Kier molecular flexibility index (Phi) is 4.24. The fraction of sp³-hybridized carbons (Fsp3) is 0.333. The van der Waals surface area contributed by atoms with Gasteiger partial charge in [-0.15, -0.1) is 6.58 Å². The van der Waals surface area contributed by atoms with Crippen LogP contribution in [-0.4, -0.2) is 0 Å². The predicted molar refractivity (Wildman–Crippen MR) is 93.6 cm³/mol. The molecule has 0 aromatic heterocycles. The Morgan fingerprint density at radius 2 is 2.00 bits per heavy atom. The molecular formula is C21H24. The summed E-state index contributed by atoms with van der Waals surface area (Å²) >= 11 is 0. The summed E-state index contributed by atoms with van der Waals surface area (Å²) in [5.74, 6) is 1.21. The summed E-state index contributed by atoms with van der Waals surface area (Å²) in [5, 5.41) is 2.82. The Morgan fingerprint density at radius 3 is 2.76 bits per heavy atom. The maximum Gasteiger partial charge on any atom is 0.00589 e. The SMILES string of the molecule is C=CCC(CCCC)C1C=Cc2cccc3cccc1c23. The molecule has 0 aliphatic heterocycles. The second-order valence-corrected chi connectivity index (χ2v) is 6.10. The smallest absolute Gasteiger partial charge is 0.00589 e. The Bertz CT molecular complexity index is 658. The zero-order valence-electron chi connectivity index (χ0n) is 12.9. The first kappa shape index (κ1) is 14.1. The highest BCUT2D eigenvalue weighted by atomic mass is 14.3. The molecule has 0 radical (unpaired) electrons. The van der Waals surface area contributed by atoms with Crippen molar-refractivity contribution in [2.24, 2.45) is 5.92 Å². The minimum Gasteiger partial charge on any atom is -0.103 e. The van der Waals surface area contributed by atoms with Gasteiger partial charge < -0.3 is 0 Å². The second kappa shape index (κ2) is 6.30. The third-order valence-corrected chi connectivity index (χ3v) is 4.72. The molecule has 2 unspecified atom stereocenters. The fourth-order valence-electron chi connectivity index (χ4n) is 3.66. The lowest BCUT2D eigenvalue weighted by Crippen LogP contribution is -2.13. The van der Waals surface area contributed by atoms with Crippen LogP contribution in [0.2, 0.25) is 0 Å². The van der Waals surface area contributed by atoms with Gasteiger partial charge in [-0.25, -0.2) is 0 Å². The monoisotopic (exact) mass is 276 g/mol. The summed E-state index contributed by atoms with van der Waals surface area (Å²) in [6.45, 7) is 6.25. The van der Waals surface area contributed by atoms with Gasteiger partial charge in [0.2, 0.25) is 0 Å². The summed E-state index contributed by atoms with van der Waals surface area (Å²) < 4.78 is 0. The van der Waals surface area contributed by atoms with E-state index in [1.54, 1.807) is 0 Å². The van der Waals surface area contributed by atoms with Gasteiger partial charge >= 0.3 is 0 Å². The van der Waals surface area contributed by atoms with E-state index in [0.29, 0.717) is 11.8 Å². The third kappa shape index (κ3) is 2.68. The largest absolute Gasteiger partial charge is 0.103 e. The molecule has 0 fully saturated rings. The van der Waals surface area contributed by atoms with E-state index in [4.69, 9.17) is 0 Å². The van der Waals surface area contributed by atoms with Crippen LogP contribution in [0.1, 0.15) is 49.7 Å². The fourth-order valence-corrected chi connectivity index (χ4v) is 3.66. The summed E-state index contributed by atoms with van der Waals surface area (Å²) in [4.78, 5) is 0. The first-order chi connectivity index (χ1) is 10.3. The Balaban J connectivity index is 2.04. The highest BCUT2D eigenvalue weighted by Gasteiger charge is 2.24. The molecule has 0 bridgehead atoms. The number of benzene rings is 2. The van der Waals surface area contributed by atoms with E-state index in [-0.39, 0.29) is 0 Å². The van der Waals surface area contributed by atoms with Crippen LogP contribution in [0.15, 0.2) is 55.1 Å². The first-order valence-corrected chi connectivity index (χ1v) is 8.16. The first-order valence-electron chi connectivity index (χ1n) is 8.16. The van der Waals surface area contributed by atoms with Crippen LogP contribution in [0, 0.1) is 5.92 Å². The molecule has 0 heterocycles. The molecule has 0 amide bonds. The molecule has 0 spiro atoms. The van der Waals surface area contributed by atoms with E-state index in [0.717, 1.165) is 6.42 Å². The van der Waals surface area contributed by atoms with Crippen molar-refractivity contribution in [3.05, 3.63) is 66.3 Å². The maximum atomic E-state index is 3.97. The van der Waals surface area contributed by atoms with E-state index >= 15 is 0 Å². The molecule has 3 rings (SSSR count). The summed E-state index contributed by atoms with van der Waals surface area (Å²) in [6.07, 6.45) is 11.8. The van der Waals surface area contributed by atoms with E-state index in [9.17, 15) is 0 Å². The minimum absolute atomic E-state index is 0.535. The molecule has 2 atom stereocenters. The molecule has 0 N–H and O–H groups in total. The van der Waals surface area contributed by atoms with Gasteiger partial charge in [0.25, 0.3) is 0 Å². The van der Waals surface area contributed by atoms with Gasteiger partial charge in [-0.3, -0.25) is 0 Å². The molecule has 108 valence electrons. The number of hydrogen-bond acceptors (Lipinski definition) is 0. The molecule has 2 aromatic carbocycles. The molecule has 0 saturated heterocycles. The van der Waals surface area contributed by atoms with Crippen molar-refractivity contribution in [1.29, 1.82) is 0 Å². The zero-order valence-corrected chi connectivity index (χ0v) is 12.9. The van der Waals surface area contributed by atoms with Crippen molar-refractivity contribution < 1.29 is 0 Å². The molecule has 2 aromatic rings. The van der Waals surface area contributed by atoms with Gasteiger partial charge in [-0.1, -0.05) is 74.4 Å². The lowest BCUT2D eigenvalue weighted by molar-refractivity contribution is 0.431. The maximum absolute atomic E-state index is 3.97. The lowest BCUT2D eigenvalue weighted by Gasteiger charge is -2.28. The van der Waals surface area contributed by atoms with Crippen molar-refractivity contribution >= 4 is 16.8 Å². The predicted octanol–water partition coefficient (Wildman–Crippen LogP) is 6.33. The van der Waals surface area contributed by atoms with Crippen molar-refractivity contribution in [3.63, 3.8) is 0 Å². The van der Waals surface area contributed by atoms with Crippen LogP contribution in [0.3, 0.4) is 0 Å². The Morgan fingerprint density at radius 1 is 1.19 bits per heavy atom. The van der Waals surface area contributed by atoms with Gasteiger partial charge in [0.1, 0.15) is 0 Å². The van der Waals surface area contributed by atoms with Gasteiger partial charge in [-0.05, 0) is 40.7 Å². The molecule has 0 nitrogen and oxygen atoms in total. The van der Waals surface area contributed by atoms with Crippen LogP contribution in [0.4, 0.5) is 0 Å². The van der Waals surface area contributed by atoms with Crippen LogP contribution < -0.4 is 0 Å². The summed E-state index contributed by atoms with van der Waals surface area (Å²) in [5.41, 5.74) is 2.88. The molecule has 0 saturated carbocycles. The van der Waals surface area contributed by atoms with Crippen LogP contribution in [-0.2, 0) is 0 Å². The number of allylic oxidation sites excluding steroid dienone is 2. The highest BCUT2D eigenvalue weighted by molar-refractivity contribution is 5.95. The molecule has 21 heavy (non-hydrogen) atoms. The van der Waals surface area contributed by atoms with E-state index in [2.05, 4.69) is 68.1 Å². The van der Waals surface area contributed by atoms with Crippen LogP contribution >= 0.6 is 0 Å². The average Bonchev–Trinajstić information content (AvgIpc) is 2.53.